The number of rotatable bonds is 6. The monoisotopic (exact) mass is 423 g/mol. The number of tetrazole rings is 1. The van der Waals surface area contributed by atoms with Crippen LogP contribution in [0.15, 0.2) is 78.9 Å². The second-order valence-electron chi connectivity index (χ2n) is 7.48. The van der Waals surface area contributed by atoms with E-state index in [0.717, 1.165) is 22.4 Å². The van der Waals surface area contributed by atoms with E-state index >= 15 is 0 Å². The molecule has 0 aliphatic heterocycles. The zero-order valence-corrected chi connectivity index (χ0v) is 17.5. The van der Waals surface area contributed by atoms with Crippen LogP contribution in [0.25, 0.3) is 22.4 Å². The Kier molecular flexibility index (Phi) is 5.17. The van der Waals surface area contributed by atoms with Gasteiger partial charge in [-0.25, -0.2) is 9.67 Å². The molecule has 3 aromatic carbocycles. The number of aryl methyl sites for hydroxylation is 1. The molecule has 5 aromatic rings. The maximum Gasteiger partial charge on any atom is 0.251 e. The van der Waals surface area contributed by atoms with Gasteiger partial charge in [-0.1, -0.05) is 54.6 Å². The van der Waals surface area contributed by atoms with E-state index in [0.29, 0.717) is 24.5 Å². The third-order valence-corrected chi connectivity index (χ3v) is 5.33. The molecule has 8 nitrogen and oxygen atoms in total. The van der Waals surface area contributed by atoms with Crippen LogP contribution in [-0.4, -0.2) is 35.7 Å². The van der Waals surface area contributed by atoms with E-state index in [1.807, 2.05) is 48.5 Å². The first-order chi connectivity index (χ1) is 15.7. The van der Waals surface area contributed by atoms with Crippen LogP contribution in [0.4, 0.5) is 0 Å². The van der Waals surface area contributed by atoms with Crippen molar-refractivity contribution in [3.05, 3.63) is 95.8 Å². The zero-order valence-electron chi connectivity index (χ0n) is 17.5. The van der Waals surface area contributed by atoms with Gasteiger partial charge < -0.3 is 9.88 Å². The topological polar surface area (TPSA) is 90.5 Å². The number of nitrogens with one attached hydrogen (secondary N) is 1. The Morgan fingerprint density at radius 3 is 2.59 bits per heavy atom. The number of benzene rings is 3. The summed E-state index contributed by atoms with van der Waals surface area (Å²) < 4.78 is 3.72. The van der Waals surface area contributed by atoms with Gasteiger partial charge in [0.05, 0.1) is 17.6 Å². The van der Waals surface area contributed by atoms with Gasteiger partial charge in [0.1, 0.15) is 5.82 Å². The standard InChI is InChI=1S/C24H21N7O/c1-30-23(27-28-29-30)18-10-7-11-19(14-18)24(32)25-15-22-26-20-12-5-6-13-21(20)31(22)16-17-8-3-2-4-9-17/h2-14H,15-16H2,1H3,(H,25,32). The van der Waals surface area contributed by atoms with E-state index in [2.05, 4.69) is 43.6 Å². The van der Waals surface area contributed by atoms with Crippen LogP contribution in [-0.2, 0) is 20.1 Å². The zero-order chi connectivity index (χ0) is 21.9. The van der Waals surface area contributed by atoms with Crippen molar-refractivity contribution in [3.63, 3.8) is 0 Å². The lowest BCUT2D eigenvalue weighted by molar-refractivity contribution is 0.0949. The lowest BCUT2D eigenvalue weighted by atomic mass is 10.1. The molecule has 2 aromatic heterocycles. The summed E-state index contributed by atoms with van der Waals surface area (Å²) in [6, 6.07) is 25.5. The van der Waals surface area contributed by atoms with E-state index in [1.54, 1.807) is 23.9 Å². The molecule has 1 amide bonds. The molecule has 8 heteroatoms. The van der Waals surface area contributed by atoms with Crippen LogP contribution in [0.3, 0.4) is 0 Å². The molecule has 5 rings (SSSR count). The summed E-state index contributed by atoms with van der Waals surface area (Å²) in [5.74, 6) is 1.22. The quantitative estimate of drug-likeness (QED) is 0.453. The maximum atomic E-state index is 12.9. The summed E-state index contributed by atoms with van der Waals surface area (Å²) in [6.45, 7) is 0.997. The number of hydrogen-bond acceptors (Lipinski definition) is 5. The van der Waals surface area contributed by atoms with E-state index < -0.39 is 0 Å². The molecule has 0 atom stereocenters. The number of para-hydroxylation sites is 2. The molecule has 0 radical (unpaired) electrons. The first-order valence-electron chi connectivity index (χ1n) is 10.3. The number of fused-ring (bicyclic) bond motifs is 1. The molecule has 0 spiro atoms. The highest BCUT2D eigenvalue weighted by Gasteiger charge is 2.14. The molecular weight excluding hydrogens is 402 g/mol. The first-order valence-corrected chi connectivity index (χ1v) is 10.3. The van der Waals surface area contributed by atoms with Crippen molar-refractivity contribution in [2.75, 3.05) is 0 Å². The number of nitrogens with zero attached hydrogens (tertiary/aromatic N) is 6. The fourth-order valence-electron chi connectivity index (χ4n) is 3.74. The van der Waals surface area contributed by atoms with Crippen molar-refractivity contribution in [3.8, 4) is 11.4 Å². The minimum absolute atomic E-state index is 0.180. The van der Waals surface area contributed by atoms with Crippen molar-refractivity contribution >= 4 is 16.9 Å². The highest BCUT2D eigenvalue weighted by molar-refractivity contribution is 5.95. The fourth-order valence-corrected chi connectivity index (χ4v) is 3.74. The molecule has 0 aliphatic carbocycles. The van der Waals surface area contributed by atoms with E-state index in [9.17, 15) is 4.79 Å². The second-order valence-corrected chi connectivity index (χ2v) is 7.48. The molecule has 0 saturated heterocycles. The molecule has 2 heterocycles. The van der Waals surface area contributed by atoms with Crippen LogP contribution in [0.1, 0.15) is 21.7 Å². The number of carbonyl (C=O) groups is 1. The van der Waals surface area contributed by atoms with Gasteiger partial charge >= 0.3 is 0 Å². The molecule has 0 saturated carbocycles. The maximum absolute atomic E-state index is 12.9. The third-order valence-electron chi connectivity index (χ3n) is 5.33. The van der Waals surface area contributed by atoms with E-state index in [4.69, 9.17) is 4.98 Å². The van der Waals surface area contributed by atoms with Gasteiger partial charge in [0.2, 0.25) is 0 Å². The van der Waals surface area contributed by atoms with Crippen LogP contribution >= 0.6 is 0 Å². The molecular formula is C24H21N7O. The summed E-state index contributed by atoms with van der Waals surface area (Å²) in [4.78, 5) is 17.7. The van der Waals surface area contributed by atoms with Crippen LogP contribution in [0.5, 0.6) is 0 Å². The summed E-state index contributed by atoms with van der Waals surface area (Å²) in [5, 5.41) is 14.5. The highest BCUT2D eigenvalue weighted by atomic mass is 16.1. The predicted octanol–water partition coefficient (Wildman–Crippen LogP) is 3.21. The summed E-state index contributed by atoms with van der Waals surface area (Å²) in [6.07, 6.45) is 0. The summed E-state index contributed by atoms with van der Waals surface area (Å²) in [7, 11) is 1.76. The van der Waals surface area contributed by atoms with Crippen LogP contribution < -0.4 is 5.32 Å². The number of aromatic nitrogens is 6. The lowest BCUT2D eigenvalue weighted by Crippen LogP contribution is -2.25. The number of hydrogen-bond donors (Lipinski definition) is 1. The average molecular weight is 423 g/mol. The van der Waals surface area contributed by atoms with Crippen LogP contribution in [0, 0.1) is 0 Å². The Morgan fingerprint density at radius 1 is 0.969 bits per heavy atom. The van der Waals surface area contributed by atoms with Gasteiger partial charge in [0.15, 0.2) is 5.82 Å². The smallest absolute Gasteiger partial charge is 0.251 e. The molecule has 0 bridgehead atoms. The third kappa shape index (κ3) is 3.85. The van der Waals surface area contributed by atoms with E-state index in [1.165, 1.54) is 5.56 Å². The normalized spacial score (nSPS) is 11.0. The SMILES string of the molecule is Cn1nnnc1-c1cccc(C(=O)NCc2nc3ccccc3n2Cc2ccccc2)c1. The van der Waals surface area contributed by atoms with Crippen molar-refractivity contribution in [2.24, 2.45) is 7.05 Å². The Balaban J connectivity index is 1.39. The lowest BCUT2D eigenvalue weighted by Gasteiger charge is -2.11. The number of carbonyl (C=O) groups excluding carboxylic acids is 1. The molecule has 0 unspecified atom stereocenters. The minimum atomic E-state index is -0.180. The van der Waals surface area contributed by atoms with Gasteiger partial charge in [-0.3, -0.25) is 4.79 Å². The van der Waals surface area contributed by atoms with Crippen molar-refractivity contribution in [2.45, 2.75) is 13.1 Å². The van der Waals surface area contributed by atoms with Gasteiger partial charge in [0, 0.05) is 24.7 Å². The van der Waals surface area contributed by atoms with Crippen molar-refractivity contribution in [1.82, 2.24) is 35.1 Å². The highest BCUT2D eigenvalue weighted by Crippen LogP contribution is 2.19. The van der Waals surface area contributed by atoms with Gasteiger partial charge in [-0.05, 0) is 40.3 Å². The number of imidazole rings is 1. The van der Waals surface area contributed by atoms with Crippen molar-refractivity contribution in [1.29, 1.82) is 0 Å². The van der Waals surface area contributed by atoms with Gasteiger partial charge in [-0.2, -0.15) is 0 Å². The van der Waals surface area contributed by atoms with Crippen LogP contribution in [0.2, 0.25) is 0 Å². The van der Waals surface area contributed by atoms with Gasteiger partial charge in [-0.15, -0.1) is 5.10 Å². The first kappa shape index (κ1) is 19.6. The molecule has 158 valence electrons. The molecule has 1 N–H and O–H groups in total. The number of amides is 1. The summed E-state index contributed by atoms with van der Waals surface area (Å²) in [5.41, 5.74) is 4.44. The Bertz CT molecular complexity index is 1390. The van der Waals surface area contributed by atoms with Gasteiger partial charge in [0.25, 0.3) is 5.91 Å². The summed E-state index contributed by atoms with van der Waals surface area (Å²) >= 11 is 0. The molecule has 0 fully saturated rings. The Hall–Kier alpha value is -4.33. The largest absolute Gasteiger partial charge is 0.345 e. The Labute approximate surface area is 184 Å². The second kappa shape index (κ2) is 8.43. The molecule has 32 heavy (non-hydrogen) atoms. The molecule has 0 aliphatic rings. The fraction of sp³-hybridized carbons (Fsp3) is 0.125. The average Bonchev–Trinajstić information content (AvgIpc) is 3.42. The predicted molar refractivity (Wildman–Crippen MR) is 121 cm³/mol. The van der Waals surface area contributed by atoms with Crippen molar-refractivity contribution < 1.29 is 4.79 Å². The minimum Gasteiger partial charge on any atom is -0.345 e. The Morgan fingerprint density at radius 2 is 1.78 bits per heavy atom. The van der Waals surface area contributed by atoms with E-state index in [-0.39, 0.29) is 5.91 Å².